The fraction of sp³-hybridized carbons (Fsp3) is 1.00. The molecule has 90 valence electrons. The Bertz CT molecular complexity index is 143. The van der Waals surface area contributed by atoms with Crippen molar-refractivity contribution in [1.29, 1.82) is 0 Å². The van der Waals surface area contributed by atoms with E-state index in [9.17, 15) is 0 Å². The molecule has 1 rings (SSSR count). The highest BCUT2D eigenvalue weighted by Crippen LogP contribution is 2.16. The van der Waals surface area contributed by atoms with Crippen LogP contribution in [0.25, 0.3) is 0 Å². The third-order valence-electron chi connectivity index (χ3n) is 2.91. The fourth-order valence-electron chi connectivity index (χ4n) is 1.84. The van der Waals surface area contributed by atoms with E-state index in [2.05, 4.69) is 13.8 Å². The van der Waals surface area contributed by atoms with Crippen molar-refractivity contribution in [3.63, 3.8) is 0 Å². The van der Waals surface area contributed by atoms with E-state index in [1.54, 1.807) is 0 Å². The number of rotatable bonds is 10. The van der Waals surface area contributed by atoms with Crippen molar-refractivity contribution in [2.75, 3.05) is 13.2 Å². The molecular weight excluding hydrogens is 188 g/mol. The second-order valence-electron chi connectivity index (χ2n) is 4.55. The van der Waals surface area contributed by atoms with Crippen LogP contribution in [-0.4, -0.2) is 25.4 Å². The highest BCUT2D eigenvalue weighted by Gasteiger charge is 2.23. The molecule has 1 heterocycles. The first-order valence-electron chi connectivity index (χ1n) is 6.60. The van der Waals surface area contributed by atoms with Crippen LogP contribution in [0.1, 0.15) is 58.8 Å². The molecule has 0 bridgehead atoms. The monoisotopic (exact) mass is 214 g/mol. The van der Waals surface area contributed by atoms with E-state index >= 15 is 0 Å². The zero-order chi connectivity index (χ0) is 10.9. The predicted octanol–water partition coefficient (Wildman–Crippen LogP) is 3.54. The van der Waals surface area contributed by atoms with Gasteiger partial charge in [-0.25, -0.2) is 0 Å². The molecule has 0 aromatic rings. The lowest BCUT2D eigenvalue weighted by molar-refractivity contribution is 0.0300. The van der Waals surface area contributed by atoms with Crippen LogP contribution in [0.2, 0.25) is 0 Å². The summed E-state index contributed by atoms with van der Waals surface area (Å²) < 4.78 is 11.0. The van der Waals surface area contributed by atoms with Crippen LogP contribution in [0.4, 0.5) is 0 Å². The highest BCUT2D eigenvalue weighted by molar-refractivity contribution is 4.69. The highest BCUT2D eigenvalue weighted by atomic mass is 16.6. The minimum Gasteiger partial charge on any atom is -0.375 e. The van der Waals surface area contributed by atoms with Crippen LogP contribution in [0.5, 0.6) is 0 Å². The van der Waals surface area contributed by atoms with Gasteiger partial charge in [-0.15, -0.1) is 0 Å². The van der Waals surface area contributed by atoms with Crippen LogP contribution in [0, 0.1) is 0 Å². The minimum absolute atomic E-state index is 0.417. The van der Waals surface area contributed by atoms with Crippen LogP contribution in [0.3, 0.4) is 0 Å². The Balaban J connectivity index is 1.99. The smallest absolute Gasteiger partial charge is 0.104 e. The molecule has 0 N–H and O–H groups in total. The van der Waals surface area contributed by atoms with Crippen molar-refractivity contribution < 1.29 is 9.47 Å². The molecule has 0 aliphatic carbocycles. The Morgan fingerprint density at radius 3 is 2.53 bits per heavy atom. The lowest BCUT2D eigenvalue weighted by Crippen LogP contribution is -2.16. The van der Waals surface area contributed by atoms with Crippen LogP contribution in [0.15, 0.2) is 0 Å². The van der Waals surface area contributed by atoms with E-state index in [-0.39, 0.29) is 0 Å². The summed E-state index contributed by atoms with van der Waals surface area (Å²) in [5.41, 5.74) is 0. The van der Waals surface area contributed by atoms with Gasteiger partial charge in [-0.2, -0.15) is 0 Å². The molecule has 1 fully saturated rings. The molecule has 0 radical (unpaired) electrons. The van der Waals surface area contributed by atoms with E-state index < -0.39 is 0 Å². The van der Waals surface area contributed by atoms with Gasteiger partial charge in [0.25, 0.3) is 0 Å². The number of hydrogen-bond donors (Lipinski definition) is 0. The third kappa shape index (κ3) is 6.91. The van der Waals surface area contributed by atoms with Gasteiger partial charge in [0.1, 0.15) is 6.10 Å². The van der Waals surface area contributed by atoms with Crippen LogP contribution in [-0.2, 0) is 9.47 Å². The fourth-order valence-corrected chi connectivity index (χ4v) is 1.84. The standard InChI is InChI=1S/C13H26O2/c1-3-5-6-7-9-12(8-4-2)14-10-13-11-15-13/h12-13H,3-11H2,1-2H3. The number of unbranched alkanes of at least 4 members (excludes halogenated alkanes) is 3. The molecule has 2 unspecified atom stereocenters. The molecule has 0 saturated carbocycles. The van der Waals surface area contributed by atoms with Crippen LogP contribution >= 0.6 is 0 Å². The Kier molecular flexibility index (Phi) is 7.03. The lowest BCUT2D eigenvalue weighted by atomic mass is 10.1. The second-order valence-corrected chi connectivity index (χ2v) is 4.55. The third-order valence-corrected chi connectivity index (χ3v) is 2.91. The molecule has 2 atom stereocenters. The second kappa shape index (κ2) is 8.12. The Hall–Kier alpha value is -0.0800. The van der Waals surface area contributed by atoms with Gasteiger partial charge in [-0.3, -0.25) is 0 Å². The molecule has 0 aromatic heterocycles. The maximum Gasteiger partial charge on any atom is 0.104 e. The first kappa shape index (κ1) is 13.0. The number of ether oxygens (including phenoxy) is 2. The predicted molar refractivity (Wildman–Crippen MR) is 63.1 cm³/mol. The largest absolute Gasteiger partial charge is 0.375 e. The molecule has 1 aliphatic rings. The summed E-state index contributed by atoms with van der Waals surface area (Å²) in [7, 11) is 0. The summed E-state index contributed by atoms with van der Waals surface area (Å²) >= 11 is 0. The molecule has 1 saturated heterocycles. The van der Waals surface area contributed by atoms with Gasteiger partial charge in [0.15, 0.2) is 0 Å². The van der Waals surface area contributed by atoms with Crippen LogP contribution < -0.4 is 0 Å². The topological polar surface area (TPSA) is 21.8 Å². The summed E-state index contributed by atoms with van der Waals surface area (Å²) in [6.45, 7) is 6.22. The lowest BCUT2D eigenvalue weighted by Gasteiger charge is -2.16. The molecule has 15 heavy (non-hydrogen) atoms. The molecule has 1 aliphatic heterocycles. The van der Waals surface area contributed by atoms with Gasteiger partial charge in [0.2, 0.25) is 0 Å². The van der Waals surface area contributed by atoms with E-state index in [1.807, 2.05) is 0 Å². The summed E-state index contributed by atoms with van der Waals surface area (Å²) in [6, 6.07) is 0. The molecule has 0 amide bonds. The SMILES string of the molecule is CCCCCCC(CCC)OCC1CO1. The van der Waals surface area contributed by atoms with E-state index in [4.69, 9.17) is 9.47 Å². The normalized spacial score (nSPS) is 21.6. The quantitative estimate of drug-likeness (QED) is 0.410. The first-order valence-corrected chi connectivity index (χ1v) is 6.60. The summed E-state index contributed by atoms with van der Waals surface area (Å²) in [4.78, 5) is 0. The maximum atomic E-state index is 5.86. The minimum atomic E-state index is 0.417. The van der Waals surface area contributed by atoms with Crippen molar-refractivity contribution >= 4 is 0 Å². The Morgan fingerprint density at radius 1 is 1.13 bits per heavy atom. The number of epoxide rings is 1. The average Bonchev–Trinajstić information content (AvgIpc) is 3.04. The summed E-state index contributed by atoms with van der Waals surface area (Å²) in [5.74, 6) is 0. The summed E-state index contributed by atoms with van der Waals surface area (Å²) in [5, 5.41) is 0. The molecule has 0 aromatic carbocycles. The zero-order valence-electron chi connectivity index (χ0n) is 10.3. The van der Waals surface area contributed by atoms with Gasteiger partial charge in [0.05, 0.1) is 19.3 Å². The van der Waals surface area contributed by atoms with Gasteiger partial charge in [0, 0.05) is 0 Å². The van der Waals surface area contributed by atoms with Crippen molar-refractivity contribution in [3.8, 4) is 0 Å². The number of hydrogen-bond acceptors (Lipinski definition) is 2. The van der Waals surface area contributed by atoms with Gasteiger partial charge in [-0.05, 0) is 12.8 Å². The average molecular weight is 214 g/mol. The van der Waals surface area contributed by atoms with Gasteiger partial charge in [-0.1, -0.05) is 46.0 Å². The first-order chi connectivity index (χ1) is 7.36. The van der Waals surface area contributed by atoms with E-state index in [0.29, 0.717) is 12.2 Å². The summed E-state index contributed by atoms with van der Waals surface area (Å²) in [6.07, 6.45) is 9.93. The van der Waals surface area contributed by atoms with Crippen molar-refractivity contribution in [2.24, 2.45) is 0 Å². The van der Waals surface area contributed by atoms with E-state index in [1.165, 1.54) is 44.9 Å². The molecular formula is C13H26O2. The van der Waals surface area contributed by atoms with Crippen molar-refractivity contribution in [2.45, 2.75) is 71.0 Å². The molecule has 2 heteroatoms. The zero-order valence-corrected chi connectivity index (χ0v) is 10.3. The van der Waals surface area contributed by atoms with Gasteiger partial charge >= 0.3 is 0 Å². The molecule has 2 nitrogen and oxygen atoms in total. The Morgan fingerprint density at radius 2 is 1.93 bits per heavy atom. The van der Waals surface area contributed by atoms with E-state index in [0.717, 1.165) is 13.2 Å². The van der Waals surface area contributed by atoms with Crippen molar-refractivity contribution in [1.82, 2.24) is 0 Å². The maximum absolute atomic E-state index is 5.86. The molecule has 0 spiro atoms. The van der Waals surface area contributed by atoms with Crippen molar-refractivity contribution in [3.05, 3.63) is 0 Å². The van der Waals surface area contributed by atoms with Gasteiger partial charge < -0.3 is 9.47 Å². The Labute approximate surface area is 94.3 Å².